The summed E-state index contributed by atoms with van der Waals surface area (Å²) in [6.45, 7) is 2.00. The first-order chi connectivity index (χ1) is 7.99. The highest BCUT2D eigenvalue weighted by Gasteiger charge is 2.16. The molecule has 2 aromatic rings. The molecule has 0 radical (unpaired) electrons. The van der Waals surface area contributed by atoms with Gasteiger partial charge in [0, 0.05) is 14.4 Å². The van der Waals surface area contributed by atoms with Crippen molar-refractivity contribution in [1.29, 1.82) is 0 Å². The van der Waals surface area contributed by atoms with Gasteiger partial charge in [0.1, 0.15) is 4.34 Å². The van der Waals surface area contributed by atoms with Crippen LogP contribution in [0.4, 0.5) is 0 Å². The third kappa shape index (κ3) is 2.85. The third-order valence-corrected chi connectivity index (χ3v) is 5.35. The highest BCUT2D eigenvalue weighted by atomic mass is 79.9. The van der Waals surface area contributed by atoms with Gasteiger partial charge in [0.15, 0.2) is 0 Å². The first-order valence-corrected chi connectivity index (χ1v) is 7.32. The predicted octanol–water partition coefficient (Wildman–Crippen LogP) is 5.17. The van der Waals surface area contributed by atoms with Crippen LogP contribution in [0.25, 0.3) is 0 Å². The Balaban J connectivity index is 2.39. The molecule has 0 aliphatic rings. The fraction of sp³-hybridized carbons (Fsp3) is 0.167. The van der Waals surface area contributed by atoms with Crippen LogP contribution in [0, 0.1) is 6.92 Å². The molecule has 0 aliphatic carbocycles. The Labute approximate surface area is 123 Å². The van der Waals surface area contributed by atoms with Gasteiger partial charge >= 0.3 is 0 Å². The number of hydrogen-bond acceptors (Lipinski definition) is 2. The molecule has 2 N–H and O–H groups in total. The molecule has 1 aromatic heterocycles. The van der Waals surface area contributed by atoms with E-state index in [2.05, 4.69) is 15.9 Å². The van der Waals surface area contributed by atoms with E-state index in [1.165, 1.54) is 11.3 Å². The van der Waals surface area contributed by atoms with Crippen molar-refractivity contribution in [2.24, 2.45) is 5.73 Å². The van der Waals surface area contributed by atoms with Gasteiger partial charge < -0.3 is 5.73 Å². The van der Waals surface area contributed by atoms with Crippen molar-refractivity contribution >= 4 is 50.5 Å². The molecule has 1 unspecified atom stereocenters. The molecule has 2 rings (SSSR count). The molecule has 0 spiro atoms. The minimum atomic E-state index is -0.239. The third-order valence-electron chi connectivity index (χ3n) is 2.46. The first kappa shape index (κ1) is 13.4. The van der Waals surface area contributed by atoms with Crippen molar-refractivity contribution in [2.45, 2.75) is 13.0 Å². The van der Waals surface area contributed by atoms with Gasteiger partial charge in [0.2, 0.25) is 0 Å². The smallest absolute Gasteiger partial charge is 0.107 e. The molecule has 1 aromatic carbocycles. The summed E-state index contributed by atoms with van der Waals surface area (Å²) in [6, 6.07) is 7.58. The molecular weight excluding hydrogens is 341 g/mol. The van der Waals surface area contributed by atoms with E-state index in [9.17, 15) is 0 Å². The highest BCUT2D eigenvalue weighted by Crippen LogP contribution is 2.37. The van der Waals surface area contributed by atoms with E-state index >= 15 is 0 Å². The monoisotopic (exact) mass is 349 g/mol. The van der Waals surface area contributed by atoms with Gasteiger partial charge in [-0.3, -0.25) is 0 Å². The van der Waals surface area contributed by atoms with Crippen molar-refractivity contribution in [3.63, 3.8) is 0 Å². The number of hydrogen-bond donors (Lipinski definition) is 1. The molecular formula is C12H10BrCl2NS. The number of thiophene rings is 1. The summed E-state index contributed by atoms with van der Waals surface area (Å²) in [5.41, 5.74) is 8.24. The van der Waals surface area contributed by atoms with E-state index in [4.69, 9.17) is 28.9 Å². The van der Waals surface area contributed by atoms with Crippen LogP contribution >= 0.6 is 50.5 Å². The second kappa shape index (κ2) is 5.29. The predicted molar refractivity (Wildman–Crippen MR) is 79.2 cm³/mol. The quantitative estimate of drug-likeness (QED) is 0.793. The van der Waals surface area contributed by atoms with E-state index < -0.39 is 0 Å². The van der Waals surface area contributed by atoms with Gasteiger partial charge in [0.05, 0.1) is 6.04 Å². The fourth-order valence-corrected chi connectivity index (χ4v) is 3.66. The van der Waals surface area contributed by atoms with Crippen LogP contribution in [0.15, 0.2) is 28.7 Å². The summed E-state index contributed by atoms with van der Waals surface area (Å²) in [7, 11) is 0. The number of rotatable bonds is 2. The largest absolute Gasteiger partial charge is 0.320 e. The van der Waals surface area contributed by atoms with Gasteiger partial charge in [-0.2, -0.15) is 0 Å². The van der Waals surface area contributed by atoms with Crippen LogP contribution in [-0.2, 0) is 0 Å². The summed E-state index contributed by atoms with van der Waals surface area (Å²) in [6.07, 6.45) is 0. The minimum Gasteiger partial charge on any atom is -0.320 e. The fourth-order valence-electron chi connectivity index (χ4n) is 1.55. The molecule has 1 atom stereocenters. The molecule has 1 heterocycles. The van der Waals surface area contributed by atoms with Crippen LogP contribution in [0.2, 0.25) is 9.36 Å². The zero-order chi connectivity index (χ0) is 12.6. The Morgan fingerprint density at radius 3 is 2.53 bits per heavy atom. The lowest BCUT2D eigenvalue weighted by Crippen LogP contribution is -2.10. The summed E-state index contributed by atoms with van der Waals surface area (Å²) in [5, 5.41) is 0.693. The van der Waals surface area contributed by atoms with E-state index in [-0.39, 0.29) is 6.04 Å². The number of benzene rings is 1. The Bertz CT molecular complexity index is 534. The maximum Gasteiger partial charge on any atom is 0.107 e. The normalized spacial score (nSPS) is 12.8. The molecule has 0 amide bonds. The van der Waals surface area contributed by atoms with Gasteiger partial charge in [-0.15, -0.1) is 11.3 Å². The summed E-state index contributed by atoms with van der Waals surface area (Å²) in [5.74, 6) is 0. The number of halogens is 3. The maximum atomic E-state index is 6.20. The lowest BCUT2D eigenvalue weighted by atomic mass is 10.0. The van der Waals surface area contributed by atoms with Crippen molar-refractivity contribution in [3.05, 3.63) is 54.1 Å². The molecule has 90 valence electrons. The molecule has 17 heavy (non-hydrogen) atoms. The molecule has 1 nitrogen and oxygen atoms in total. The van der Waals surface area contributed by atoms with Gasteiger partial charge in [-0.1, -0.05) is 35.3 Å². The second-order valence-corrected chi connectivity index (χ2v) is 6.72. The van der Waals surface area contributed by atoms with E-state index in [0.717, 1.165) is 20.5 Å². The zero-order valence-corrected chi connectivity index (χ0v) is 12.9. The van der Waals surface area contributed by atoms with Crippen LogP contribution in [0.1, 0.15) is 22.0 Å². The SMILES string of the molecule is Cc1ccc(C(N)c2cc(Br)c(Cl)s2)c(Cl)c1. The molecule has 0 bridgehead atoms. The molecule has 0 fully saturated rings. The van der Waals surface area contributed by atoms with Crippen molar-refractivity contribution < 1.29 is 0 Å². The van der Waals surface area contributed by atoms with Crippen LogP contribution in [-0.4, -0.2) is 0 Å². The first-order valence-electron chi connectivity index (χ1n) is 4.95. The summed E-state index contributed by atoms with van der Waals surface area (Å²) >= 11 is 17.1. The van der Waals surface area contributed by atoms with E-state index in [0.29, 0.717) is 9.36 Å². The van der Waals surface area contributed by atoms with Crippen LogP contribution in [0.3, 0.4) is 0 Å². The topological polar surface area (TPSA) is 26.0 Å². The average Bonchev–Trinajstić information content (AvgIpc) is 2.58. The molecule has 0 saturated heterocycles. The molecule has 0 saturated carbocycles. The van der Waals surface area contributed by atoms with E-state index in [1.54, 1.807) is 0 Å². The van der Waals surface area contributed by atoms with Gasteiger partial charge in [0.25, 0.3) is 0 Å². The summed E-state index contributed by atoms with van der Waals surface area (Å²) < 4.78 is 1.58. The number of aryl methyl sites for hydroxylation is 1. The zero-order valence-electron chi connectivity index (χ0n) is 9.01. The standard InChI is InChI=1S/C12H10BrCl2NS/c1-6-2-3-7(9(14)4-6)11(16)10-5-8(13)12(15)17-10/h2-5,11H,16H2,1H3. The summed E-state index contributed by atoms with van der Waals surface area (Å²) in [4.78, 5) is 0.993. The maximum absolute atomic E-state index is 6.20. The van der Waals surface area contributed by atoms with Crippen molar-refractivity contribution in [2.75, 3.05) is 0 Å². The highest BCUT2D eigenvalue weighted by molar-refractivity contribution is 9.10. The van der Waals surface area contributed by atoms with Crippen LogP contribution in [0.5, 0.6) is 0 Å². The average molecular weight is 351 g/mol. The Kier molecular flexibility index (Phi) is 4.16. The molecule has 0 aliphatic heterocycles. The lowest BCUT2D eigenvalue weighted by Gasteiger charge is -2.12. The van der Waals surface area contributed by atoms with Gasteiger partial charge in [-0.05, 0) is 46.1 Å². The van der Waals surface area contributed by atoms with Crippen LogP contribution < -0.4 is 5.73 Å². The second-order valence-electron chi connectivity index (χ2n) is 3.77. The minimum absolute atomic E-state index is 0.239. The van der Waals surface area contributed by atoms with E-state index in [1.807, 2.05) is 31.2 Å². The Morgan fingerprint density at radius 1 is 1.29 bits per heavy atom. The van der Waals surface area contributed by atoms with Crippen molar-refractivity contribution in [3.8, 4) is 0 Å². The Hall–Kier alpha value is -0.0600. The Morgan fingerprint density at radius 2 is 2.00 bits per heavy atom. The molecule has 5 heteroatoms. The van der Waals surface area contributed by atoms with Crippen molar-refractivity contribution in [1.82, 2.24) is 0 Å². The number of nitrogens with two attached hydrogens (primary N) is 1. The van der Waals surface area contributed by atoms with Gasteiger partial charge in [-0.25, -0.2) is 0 Å². The lowest BCUT2D eigenvalue weighted by molar-refractivity contribution is 0.892.